The normalized spacial score (nSPS) is 14.8. The van der Waals surface area contributed by atoms with Crippen molar-refractivity contribution in [2.24, 2.45) is 7.05 Å². The van der Waals surface area contributed by atoms with Gasteiger partial charge in [0.05, 0.1) is 5.56 Å². The number of ketones is 1. The van der Waals surface area contributed by atoms with Gasteiger partial charge in [0.2, 0.25) is 0 Å². The number of Topliss-reactive ketones (excluding diaryl/α,β-unsaturated/α-hetero) is 1. The number of carbonyl (C=O) groups is 3. The molecule has 24 heavy (non-hydrogen) atoms. The Morgan fingerprint density at radius 3 is 2.29 bits per heavy atom. The molecule has 0 saturated carbocycles. The van der Waals surface area contributed by atoms with Gasteiger partial charge in [0.15, 0.2) is 5.50 Å². The smallest absolute Gasteiger partial charge is 0.352 e. The summed E-state index contributed by atoms with van der Waals surface area (Å²) in [7, 11) is 1.55. The van der Waals surface area contributed by atoms with Crippen LogP contribution in [0.5, 0.6) is 0 Å². The van der Waals surface area contributed by atoms with Gasteiger partial charge in [-0.1, -0.05) is 33.0 Å². The molecule has 0 aliphatic carbocycles. The molecule has 0 bridgehead atoms. The number of aromatic nitrogens is 1. The van der Waals surface area contributed by atoms with Crippen molar-refractivity contribution in [3.05, 3.63) is 34.1 Å². The van der Waals surface area contributed by atoms with Gasteiger partial charge in [0, 0.05) is 18.9 Å². The molecule has 134 valence electrons. The molecule has 1 aromatic rings. The minimum atomic E-state index is -1.13. The van der Waals surface area contributed by atoms with E-state index >= 15 is 0 Å². The van der Waals surface area contributed by atoms with Crippen LogP contribution in [0.1, 0.15) is 53.4 Å². The average Bonchev–Trinajstić information content (AvgIpc) is 3.08. The predicted molar refractivity (Wildman–Crippen MR) is 96.1 cm³/mol. The second-order valence-electron chi connectivity index (χ2n) is 4.59. The average molecular weight is 355 g/mol. The van der Waals surface area contributed by atoms with Crippen molar-refractivity contribution in [2.45, 2.75) is 40.6 Å². The largest absolute Gasteiger partial charge is 0.477 e. The zero-order valence-electron chi connectivity index (χ0n) is 13.8. The van der Waals surface area contributed by atoms with Gasteiger partial charge < -0.3 is 20.3 Å². The Morgan fingerprint density at radius 1 is 1.29 bits per heavy atom. The number of carboxylic acid groups (broad SMARTS) is 1. The Balaban J connectivity index is 0.00000170. The van der Waals surface area contributed by atoms with Crippen molar-refractivity contribution < 1.29 is 19.5 Å². The molecule has 3 N–H and O–H groups in total. The first-order valence-electron chi connectivity index (χ1n) is 7.15. The third-order valence-electron chi connectivity index (χ3n) is 3.36. The van der Waals surface area contributed by atoms with Crippen molar-refractivity contribution in [1.82, 2.24) is 15.2 Å². The monoisotopic (exact) mass is 355 g/mol. The van der Waals surface area contributed by atoms with Gasteiger partial charge in [-0.25, -0.2) is 4.79 Å². The first kappa shape index (κ1) is 21.8. The van der Waals surface area contributed by atoms with Gasteiger partial charge in [-0.05, 0) is 24.8 Å². The van der Waals surface area contributed by atoms with Crippen molar-refractivity contribution in [3.63, 3.8) is 0 Å². The Hall–Kier alpha value is -2.22. The molecule has 0 spiro atoms. The minimum absolute atomic E-state index is 0. The summed E-state index contributed by atoms with van der Waals surface area (Å²) in [6.45, 7) is 7.14. The predicted octanol–water partition coefficient (Wildman–Crippen LogP) is 2.39. The number of hydrogen-bond donors (Lipinski definition) is 3. The van der Waals surface area contributed by atoms with Crippen LogP contribution in [0.2, 0.25) is 0 Å². The number of aromatic carboxylic acids is 1. The number of nitrogens with one attached hydrogen (secondary N) is 2. The number of nitrogens with zero attached hydrogens (tertiary/aromatic N) is 1. The van der Waals surface area contributed by atoms with Crippen LogP contribution in [0.25, 0.3) is 0 Å². The van der Waals surface area contributed by atoms with E-state index in [1.54, 1.807) is 25.6 Å². The van der Waals surface area contributed by atoms with Crippen LogP contribution in [0.3, 0.4) is 0 Å². The number of hydrogen-bond acceptors (Lipinski definition) is 5. The van der Waals surface area contributed by atoms with E-state index in [0.29, 0.717) is 11.3 Å². The molecule has 2 heterocycles. The van der Waals surface area contributed by atoms with Gasteiger partial charge in [0.1, 0.15) is 5.69 Å². The van der Waals surface area contributed by atoms with Gasteiger partial charge in [-0.2, -0.15) is 0 Å². The quantitative estimate of drug-likeness (QED) is 0.566. The molecule has 8 heteroatoms. The molecular formula is C16H25N3O4S. The van der Waals surface area contributed by atoms with E-state index in [1.807, 2.05) is 13.8 Å². The van der Waals surface area contributed by atoms with Crippen molar-refractivity contribution >= 4 is 29.4 Å². The summed E-state index contributed by atoms with van der Waals surface area (Å²) < 4.78 is 1.41. The second-order valence-corrected chi connectivity index (χ2v) is 5.60. The van der Waals surface area contributed by atoms with Gasteiger partial charge in [-0.15, -0.1) is 0 Å². The first-order chi connectivity index (χ1) is 10.8. The molecule has 1 aliphatic rings. The molecule has 0 aromatic carbocycles. The second kappa shape index (κ2) is 9.17. The topological polar surface area (TPSA) is 100 Å². The summed E-state index contributed by atoms with van der Waals surface area (Å²) in [5.74, 6) is -2.63. The number of thioether (sulfide) groups is 1. The SMILES string of the molecule is C.CC.Cc1c(C(=O)C(=O)NC2NC=CS2)c(C)n(C)c1C(=O)O. The zero-order chi connectivity index (χ0) is 17.7. The highest BCUT2D eigenvalue weighted by Gasteiger charge is 2.29. The van der Waals surface area contributed by atoms with E-state index < -0.39 is 17.7 Å². The van der Waals surface area contributed by atoms with Crippen molar-refractivity contribution in [2.75, 3.05) is 0 Å². The van der Waals surface area contributed by atoms with E-state index in [9.17, 15) is 19.5 Å². The number of rotatable bonds is 4. The van der Waals surface area contributed by atoms with Crippen LogP contribution in [0, 0.1) is 13.8 Å². The van der Waals surface area contributed by atoms with E-state index in [2.05, 4.69) is 10.6 Å². The highest BCUT2D eigenvalue weighted by molar-refractivity contribution is 8.02. The van der Waals surface area contributed by atoms with Crippen LogP contribution in [-0.2, 0) is 11.8 Å². The van der Waals surface area contributed by atoms with Crippen LogP contribution in [0.15, 0.2) is 11.6 Å². The Kier molecular flexibility index (Phi) is 8.32. The fraction of sp³-hybridized carbons (Fsp3) is 0.438. The highest BCUT2D eigenvalue weighted by atomic mass is 32.2. The lowest BCUT2D eigenvalue weighted by molar-refractivity contribution is -0.117. The summed E-state index contributed by atoms with van der Waals surface area (Å²) in [6, 6.07) is 0. The lowest BCUT2D eigenvalue weighted by atomic mass is 10.1. The Labute approximate surface area is 146 Å². The van der Waals surface area contributed by atoms with E-state index in [-0.39, 0.29) is 24.2 Å². The molecule has 7 nitrogen and oxygen atoms in total. The van der Waals surface area contributed by atoms with E-state index in [4.69, 9.17) is 0 Å². The van der Waals surface area contributed by atoms with Crippen LogP contribution < -0.4 is 10.6 Å². The summed E-state index contributed by atoms with van der Waals surface area (Å²) in [6.07, 6.45) is 1.67. The lowest BCUT2D eigenvalue weighted by Crippen LogP contribution is -2.42. The molecule has 0 fully saturated rings. The Bertz CT molecular complexity index is 657. The van der Waals surface area contributed by atoms with Crippen LogP contribution in [0.4, 0.5) is 0 Å². The summed E-state index contributed by atoms with van der Waals surface area (Å²) >= 11 is 1.33. The van der Waals surface area contributed by atoms with Crippen LogP contribution in [-0.4, -0.2) is 32.8 Å². The summed E-state index contributed by atoms with van der Waals surface area (Å²) in [4.78, 5) is 35.5. The van der Waals surface area contributed by atoms with Gasteiger partial charge in [0.25, 0.3) is 11.7 Å². The molecule has 2 rings (SSSR count). The molecule has 1 atom stereocenters. The molecule has 1 aromatic heterocycles. The standard InChI is InChI=1S/C13H15N3O4S.C2H6.CH4/c1-6-8(7(2)16(3)9(6)12(19)20)10(17)11(18)15-13-14-4-5-21-13;1-2;/h4-5,13-14H,1-3H3,(H,15,18)(H,19,20);1-2H3;1H4. The molecule has 1 unspecified atom stereocenters. The van der Waals surface area contributed by atoms with Gasteiger partial charge >= 0.3 is 5.97 Å². The molecular weight excluding hydrogens is 330 g/mol. The highest BCUT2D eigenvalue weighted by Crippen LogP contribution is 2.22. The molecule has 1 aliphatic heterocycles. The van der Waals surface area contributed by atoms with Crippen molar-refractivity contribution in [3.8, 4) is 0 Å². The Morgan fingerprint density at radius 2 is 1.88 bits per heavy atom. The first-order valence-corrected chi connectivity index (χ1v) is 8.09. The number of carbonyl (C=O) groups excluding carboxylic acids is 2. The maximum absolute atomic E-state index is 12.3. The van der Waals surface area contributed by atoms with Crippen LogP contribution >= 0.6 is 11.8 Å². The van der Waals surface area contributed by atoms with Crippen molar-refractivity contribution in [1.29, 1.82) is 0 Å². The van der Waals surface area contributed by atoms with E-state index in [0.717, 1.165) is 0 Å². The minimum Gasteiger partial charge on any atom is -0.477 e. The maximum Gasteiger partial charge on any atom is 0.352 e. The van der Waals surface area contributed by atoms with Gasteiger partial charge in [-0.3, -0.25) is 9.59 Å². The fourth-order valence-electron chi connectivity index (χ4n) is 2.27. The number of carboxylic acids is 1. The summed E-state index contributed by atoms with van der Waals surface area (Å²) in [5.41, 5.74) is 0.523. The fourth-order valence-corrected chi connectivity index (χ4v) is 2.92. The third-order valence-corrected chi connectivity index (χ3v) is 4.18. The molecule has 0 saturated heterocycles. The molecule has 0 radical (unpaired) electrons. The molecule has 1 amide bonds. The third kappa shape index (κ3) is 4.19. The van der Waals surface area contributed by atoms with E-state index in [1.165, 1.54) is 23.3 Å². The zero-order valence-corrected chi connectivity index (χ0v) is 14.6. The summed E-state index contributed by atoms with van der Waals surface area (Å²) in [5, 5.41) is 16.3. The maximum atomic E-state index is 12.3. The lowest BCUT2D eigenvalue weighted by Gasteiger charge is -2.12. The number of amides is 1.